The molecule has 0 saturated carbocycles. The Morgan fingerprint density at radius 2 is 1.90 bits per heavy atom. The van der Waals surface area contributed by atoms with Crippen LogP contribution in [0.4, 0.5) is 11.4 Å². The molecule has 0 spiro atoms. The molecule has 0 fully saturated rings. The number of carboxylic acids is 1. The molecule has 1 rings (SSSR count). The summed E-state index contributed by atoms with van der Waals surface area (Å²) in [6.07, 6.45) is 0. The fourth-order valence-electron chi connectivity index (χ4n) is 1.59. The number of hydrogen-bond acceptors (Lipinski definition) is 4. The molecule has 0 aliphatic rings. The van der Waals surface area contributed by atoms with Crippen molar-refractivity contribution in [1.82, 2.24) is 5.32 Å². The van der Waals surface area contributed by atoms with Crippen molar-refractivity contribution in [3.8, 4) is 0 Å². The monoisotopic (exact) mass is 279 g/mol. The number of anilines is 2. The van der Waals surface area contributed by atoms with Crippen molar-refractivity contribution >= 4 is 23.3 Å². The highest BCUT2D eigenvalue weighted by Gasteiger charge is 2.20. The lowest BCUT2D eigenvalue weighted by molar-refractivity contribution is -0.122. The van der Waals surface area contributed by atoms with E-state index in [1.165, 1.54) is 18.2 Å². The Morgan fingerprint density at radius 1 is 1.30 bits per heavy atom. The second-order valence-electron chi connectivity index (χ2n) is 5.71. The lowest BCUT2D eigenvalue weighted by Crippen LogP contribution is -2.47. The highest BCUT2D eigenvalue weighted by molar-refractivity contribution is 5.91. The van der Waals surface area contributed by atoms with E-state index in [1.54, 1.807) is 6.92 Å². The van der Waals surface area contributed by atoms with Crippen LogP contribution >= 0.6 is 0 Å². The number of hydrogen-bond donors (Lipinski definition) is 4. The molecule has 1 unspecified atom stereocenters. The molecule has 0 aromatic heterocycles. The number of nitrogens with one attached hydrogen (secondary N) is 2. The molecule has 6 nitrogen and oxygen atoms in total. The van der Waals surface area contributed by atoms with Gasteiger partial charge in [0, 0.05) is 5.54 Å². The Balaban J connectivity index is 2.85. The van der Waals surface area contributed by atoms with Gasteiger partial charge in [-0.05, 0) is 45.9 Å². The Labute approximate surface area is 118 Å². The number of benzene rings is 1. The number of carbonyl (C=O) groups excluding carboxylic acids is 1. The van der Waals surface area contributed by atoms with Gasteiger partial charge in [-0.1, -0.05) is 0 Å². The van der Waals surface area contributed by atoms with Gasteiger partial charge in [0.2, 0.25) is 5.91 Å². The smallest absolute Gasteiger partial charge is 0.335 e. The quantitative estimate of drug-likeness (QED) is 0.628. The van der Waals surface area contributed by atoms with Gasteiger partial charge in [-0.25, -0.2) is 4.79 Å². The topological polar surface area (TPSA) is 104 Å². The molecule has 0 radical (unpaired) electrons. The molecule has 5 N–H and O–H groups in total. The van der Waals surface area contributed by atoms with Crippen LogP contribution in [0.15, 0.2) is 18.2 Å². The number of carboxylic acid groups (broad SMARTS) is 1. The maximum absolute atomic E-state index is 12.0. The lowest BCUT2D eigenvalue weighted by atomic mass is 10.1. The van der Waals surface area contributed by atoms with Crippen molar-refractivity contribution in [2.24, 2.45) is 0 Å². The predicted molar refractivity (Wildman–Crippen MR) is 78.8 cm³/mol. The van der Waals surface area contributed by atoms with Gasteiger partial charge in [0.15, 0.2) is 0 Å². The molecule has 20 heavy (non-hydrogen) atoms. The minimum absolute atomic E-state index is 0.116. The number of nitrogen functional groups attached to an aromatic ring is 1. The number of nitrogens with two attached hydrogens (primary N) is 1. The fraction of sp³-hybridized carbons (Fsp3) is 0.429. The normalized spacial score (nSPS) is 12.6. The molecular formula is C14H21N3O3. The molecule has 0 aliphatic carbocycles. The van der Waals surface area contributed by atoms with Gasteiger partial charge in [-0.2, -0.15) is 0 Å². The molecular weight excluding hydrogens is 258 g/mol. The summed E-state index contributed by atoms with van der Waals surface area (Å²) in [5.41, 5.74) is 6.39. The first-order valence-corrected chi connectivity index (χ1v) is 6.31. The van der Waals surface area contributed by atoms with Crippen molar-refractivity contribution in [2.45, 2.75) is 39.3 Å². The minimum Gasteiger partial charge on any atom is -0.478 e. The lowest BCUT2D eigenvalue weighted by Gasteiger charge is -2.24. The van der Waals surface area contributed by atoms with E-state index in [0.717, 1.165) is 0 Å². The van der Waals surface area contributed by atoms with E-state index >= 15 is 0 Å². The Kier molecular flexibility index (Phi) is 4.60. The van der Waals surface area contributed by atoms with Crippen molar-refractivity contribution in [1.29, 1.82) is 0 Å². The zero-order valence-electron chi connectivity index (χ0n) is 12.2. The van der Waals surface area contributed by atoms with Gasteiger partial charge in [0.1, 0.15) is 6.04 Å². The van der Waals surface area contributed by atoms with Crippen LogP contribution in [0.1, 0.15) is 38.1 Å². The van der Waals surface area contributed by atoms with Crippen molar-refractivity contribution in [2.75, 3.05) is 11.1 Å². The second kappa shape index (κ2) is 5.81. The molecule has 1 aromatic rings. The third-order valence-corrected chi connectivity index (χ3v) is 2.56. The van der Waals surface area contributed by atoms with Crippen molar-refractivity contribution in [3.05, 3.63) is 23.8 Å². The van der Waals surface area contributed by atoms with Gasteiger partial charge in [-0.15, -0.1) is 0 Å². The Morgan fingerprint density at radius 3 is 2.40 bits per heavy atom. The van der Waals surface area contributed by atoms with E-state index in [2.05, 4.69) is 10.6 Å². The average Bonchev–Trinajstić information content (AvgIpc) is 2.29. The third-order valence-electron chi connectivity index (χ3n) is 2.56. The summed E-state index contributed by atoms with van der Waals surface area (Å²) in [5, 5.41) is 14.7. The molecule has 6 heteroatoms. The fourth-order valence-corrected chi connectivity index (χ4v) is 1.59. The van der Waals surface area contributed by atoms with Gasteiger partial charge in [0.25, 0.3) is 0 Å². The van der Waals surface area contributed by atoms with Crippen LogP contribution in [0, 0.1) is 0 Å². The van der Waals surface area contributed by atoms with Gasteiger partial charge in [-0.3, -0.25) is 4.79 Å². The van der Waals surface area contributed by atoms with Crippen LogP contribution in [0.2, 0.25) is 0 Å². The molecule has 110 valence electrons. The summed E-state index contributed by atoms with van der Waals surface area (Å²) >= 11 is 0. The molecule has 1 atom stereocenters. The van der Waals surface area contributed by atoms with Crippen LogP contribution in [-0.4, -0.2) is 28.6 Å². The SMILES string of the molecule is CC(Nc1cc(C(=O)O)ccc1N)C(=O)NC(C)(C)C. The first-order valence-electron chi connectivity index (χ1n) is 6.31. The molecule has 1 amide bonds. The average molecular weight is 279 g/mol. The summed E-state index contributed by atoms with van der Waals surface area (Å²) in [5.74, 6) is -1.22. The first-order chi connectivity index (χ1) is 9.10. The molecule has 0 aliphatic heterocycles. The van der Waals surface area contributed by atoms with Crippen LogP contribution in [0.5, 0.6) is 0 Å². The van der Waals surface area contributed by atoms with E-state index in [0.29, 0.717) is 11.4 Å². The van der Waals surface area contributed by atoms with Crippen LogP contribution in [0.25, 0.3) is 0 Å². The zero-order valence-corrected chi connectivity index (χ0v) is 12.2. The summed E-state index contributed by atoms with van der Waals surface area (Å²) in [7, 11) is 0. The molecule has 0 heterocycles. The largest absolute Gasteiger partial charge is 0.478 e. The van der Waals surface area contributed by atoms with Gasteiger partial charge in [0.05, 0.1) is 16.9 Å². The number of aromatic carboxylic acids is 1. The number of carbonyl (C=O) groups is 2. The Hall–Kier alpha value is -2.24. The Bertz CT molecular complexity index is 521. The highest BCUT2D eigenvalue weighted by Crippen LogP contribution is 2.21. The van der Waals surface area contributed by atoms with E-state index in [9.17, 15) is 9.59 Å². The predicted octanol–water partition coefficient (Wildman–Crippen LogP) is 1.68. The van der Waals surface area contributed by atoms with Crippen molar-refractivity contribution in [3.63, 3.8) is 0 Å². The highest BCUT2D eigenvalue weighted by atomic mass is 16.4. The second-order valence-corrected chi connectivity index (χ2v) is 5.71. The van der Waals surface area contributed by atoms with E-state index in [-0.39, 0.29) is 17.0 Å². The summed E-state index contributed by atoms with van der Waals surface area (Å²) in [6.45, 7) is 7.35. The third kappa shape index (κ3) is 4.46. The van der Waals surface area contributed by atoms with Crippen LogP contribution in [0.3, 0.4) is 0 Å². The van der Waals surface area contributed by atoms with E-state index in [1.807, 2.05) is 20.8 Å². The first kappa shape index (κ1) is 15.8. The maximum Gasteiger partial charge on any atom is 0.335 e. The molecule has 0 bridgehead atoms. The van der Waals surface area contributed by atoms with Gasteiger partial charge >= 0.3 is 5.97 Å². The van der Waals surface area contributed by atoms with Gasteiger partial charge < -0.3 is 21.5 Å². The van der Waals surface area contributed by atoms with E-state index in [4.69, 9.17) is 10.8 Å². The summed E-state index contributed by atoms with van der Waals surface area (Å²) in [4.78, 5) is 22.9. The van der Waals surface area contributed by atoms with Crippen LogP contribution < -0.4 is 16.4 Å². The molecule has 0 saturated heterocycles. The minimum atomic E-state index is -1.04. The summed E-state index contributed by atoms with van der Waals surface area (Å²) < 4.78 is 0. The number of amides is 1. The number of rotatable bonds is 4. The summed E-state index contributed by atoms with van der Waals surface area (Å²) in [6, 6.07) is 3.81. The van der Waals surface area contributed by atoms with E-state index < -0.39 is 12.0 Å². The maximum atomic E-state index is 12.0. The van der Waals surface area contributed by atoms with Crippen molar-refractivity contribution < 1.29 is 14.7 Å². The molecule has 1 aromatic carbocycles. The zero-order chi connectivity index (χ0) is 15.5. The standard InChI is InChI=1S/C14H21N3O3/c1-8(12(18)17-14(2,3)4)16-11-7-9(13(19)20)5-6-10(11)15/h5-8,16H,15H2,1-4H3,(H,17,18)(H,19,20). The van der Waals surface area contributed by atoms with Crippen LogP contribution in [-0.2, 0) is 4.79 Å².